The van der Waals surface area contributed by atoms with E-state index >= 15 is 0 Å². The van der Waals surface area contributed by atoms with Crippen LogP contribution in [0.5, 0.6) is 0 Å². The highest BCUT2D eigenvalue weighted by Gasteiger charge is 2.20. The molecular formula is C22H21N5O2S. The third-order valence-electron chi connectivity index (χ3n) is 4.73. The number of hydrogen-bond acceptors (Lipinski definition) is 5. The maximum absolute atomic E-state index is 12.6. The van der Waals surface area contributed by atoms with Gasteiger partial charge in [0, 0.05) is 0 Å². The van der Waals surface area contributed by atoms with Gasteiger partial charge in [0.15, 0.2) is 10.8 Å². The minimum absolute atomic E-state index is 0.115. The molecule has 8 heteroatoms. The number of aromatic nitrogens is 4. The number of nitrogens with zero attached hydrogens (tertiary/aromatic N) is 3. The van der Waals surface area contributed by atoms with Gasteiger partial charge < -0.3 is 10.3 Å². The quantitative estimate of drug-likeness (QED) is 0.369. The number of thioether (sulfide) groups is 1. The summed E-state index contributed by atoms with van der Waals surface area (Å²) < 4.78 is 1.62. The first kappa shape index (κ1) is 19.9. The summed E-state index contributed by atoms with van der Waals surface area (Å²) in [6.45, 7) is 3.73. The topological polar surface area (TPSA) is 92.7 Å². The van der Waals surface area contributed by atoms with Crippen molar-refractivity contribution in [3.05, 3.63) is 82.8 Å². The van der Waals surface area contributed by atoms with Crippen LogP contribution in [0.25, 0.3) is 16.7 Å². The molecule has 4 rings (SSSR count). The van der Waals surface area contributed by atoms with Crippen LogP contribution in [0.2, 0.25) is 0 Å². The number of nitrogens with one attached hydrogen (secondary N) is 2. The third-order valence-corrected chi connectivity index (χ3v) is 5.72. The smallest absolute Gasteiger partial charge is 0.262 e. The number of benzene rings is 2. The van der Waals surface area contributed by atoms with Crippen molar-refractivity contribution in [2.45, 2.75) is 30.3 Å². The summed E-state index contributed by atoms with van der Waals surface area (Å²) in [7, 11) is 0. The van der Waals surface area contributed by atoms with Gasteiger partial charge in [-0.25, -0.2) is 9.67 Å². The van der Waals surface area contributed by atoms with Crippen LogP contribution in [0.15, 0.2) is 76.8 Å². The Kier molecular flexibility index (Phi) is 5.67. The molecule has 0 unspecified atom stereocenters. The summed E-state index contributed by atoms with van der Waals surface area (Å²) in [6.07, 6.45) is 1.50. The lowest BCUT2D eigenvalue weighted by molar-refractivity contribution is -0.120. The normalized spacial score (nSPS) is 13.1. The number of rotatable bonds is 6. The van der Waals surface area contributed by atoms with Gasteiger partial charge in [-0.05, 0) is 31.5 Å². The lowest BCUT2D eigenvalue weighted by Gasteiger charge is -2.17. The Bertz CT molecular complexity index is 1220. The van der Waals surface area contributed by atoms with Crippen LogP contribution in [0.3, 0.4) is 0 Å². The maximum Gasteiger partial charge on any atom is 0.262 e. The van der Waals surface area contributed by atoms with Gasteiger partial charge in [-0.2, -0.15) is 5.10 Å². The number of amides is 1. The molecule has 30 heavy (non-hydrogen) atoms. The highest BCUT2D eigenvalue weighted by atomic mass is 32.2. The van der Waals surface area contributed by atoms with E-state index in [9.17, 15) is 9.59 Å². The molecule has 1 amide bonds. The molecule has 0 radical (unpaired) electrons. The molecule has 0 aliphatic rings. The summed E-state index contributed by atoms with van der Waals surface area (Å²) >= 11 is 1.21. The lowest BCUT2D eigenvalue weighted by Crippen LogP contribution is -2.33. The predicted octanol–water partition coefficient (Wildman–Crippen LogP) is 3.47. The predicted molar refractivity (Wildman–Crippen MR) is 118 cm³/mol. The number of fused-ring (bicyclic) bond motifs is 1. The van der Waals surface area contributed by atoms with Gasteiger partial charge in [-0.1, -0.05) is 60.3 Å². The summed E-state index contributed by atoms with van der Waals surface area (Å²) in [5, 5.41) is 7.64. The second-order valence-corrected chi connectivity index (χ2v) is 8.23. The number of H-pyrrole nitrogens is 1. The van der Waals surface area contributed by atoms with Gasteiger partial charge in [0.1, 0.15) is 5.39 Å². The SMILES string of the molecule is C[C@H](Sc1nc2c(cnn2-c2ccccc2)c(=O)[nH]1)C(=O)N[C@H](C)c1ccccc1. The fourth-order valence-electron chi connectivity index (χ4n) is 3.09. The van der Waals surface area contributed by atoms with E-state index in [0.717, 1.165) is 11.3 Å². The van der Waals surface area contributed by atoms with Gasteiger partial charge in [0.25, 0.3) is 5.56 Å². The van der Waals surface area contributed by atoms with Crippen molar-refractivity contribution in [3.8, 4) is 5.69 Å². The van der Waals surface area contributed by atoms with Gasteiger partial charge in [-0.15, -0.1) is 0 Å². The molecule has 152 valence electrons. The van der Waals surface area contributed by atoms with Crippen molar-refractivity contribution in [2.75, 3.05) is 0 Å². The molecule has 7 nitrogen and oxygen atoms in total. The highest BCUT2D eigenvalue weighted by Crippen LogP contribution is 2.22. The van der Waals surface area contributed by atoms with Crippen LogP contribution < -0.4 is 10.9 Å². The van der Waals surface area contributed by atoms with E-state index in [1.165, 1.54) is 18.0 Å². The van der Waals surface area contributed by atoms with Crippen LogP contribution in [-0.2, 0) is 4.79 Å². The van der Waals surface area contributed by atoms with Gasteiger partial charge in [0.2, 0.25) is 5.91 Å². The van der Waals surface area contributed by atoms with Crippen LogP contribution in [-0.4, -0.2) is 30.9 Å². The second-order valence-electron chi connectivity index (χ2n) is 6.90. The minimum atomic E-state index is -0.440. The maximum atomic E-state index is 12.6. The van der Waals surface area contributed by atoms with Crippen LogP contribution >= 0.6 is 11.8 Å². The van der Waals surface area contributed by atoms with Crippen LogP contribution in [0.1, 0.15) is 25.5 Å². The Hall–Kier alpha value is -3.39. The van der Waals surface area contributed by atoms with Crippen LogP contribution in [0.4, 0.5) is 0 Å². The Morgan fingerprint density at radius 1 is 1.07 bits per heavy atom. The standard InChI is InChI=1S/C22H21N5O2S/c1-14(16-9-5-3-6-10-16)24-20(28)15(2)30-22-25-19-18(21(29)26-22)13-23-27(19)17-11-7-4-8-12-17/h3-15H,1-2H3,(H,24,28)(H,25,26,29)/t14-,15+/m1/s1. The average Bonchev–Trinajstić information content (AvgIpc) is 3.19. The van der Waals surface area contributed by atoms with Crippen molar-refractivity contribution in [3.63, 3.8) is 0 Å². The third kappa shape index (κ3) is 4.13. The van der Waals surface area contributed by atoms with E-state index in [1.807, 2.05) is 67.6 Å². The zero-order valence-electron chi connectivity index (χ0n) is 16.6. The van der Waals surface area contributed by atoms with Crippen LogP contribution in [0, 0.1) is 0 Å². The molecule has 0 aliphatic heterocycles. The Labute approximate surface area is 177 Å². The Morgan fingerprint density at radius 3 is 2.43 bits per heavy atom. The van der Waals surface area contributed by atoms with Gasteiger partial charge in [0.05, 0.1) is 23.2 Å². The molecule has 0 bridgehead atoms. The molecule has 0 aliphatic carbocycles. The first-order valence-corrected chi connectivity index (χ1v) is 10.5. The summed E-state index contributed by atoms with van der Waals surface area (Å²) in [4.78, 5) is 32.5. The number of carbonyl (C=O) groups is 1. The lowest BCUT2D eigenvalue weighted by atomic mass is 10.1. The first-order valence-electron chi connectivity index (χ1n) is 9.58. The second kappa shape index (κ2) is 8.54. The molecular weight excluding hydrogens is 398 g/mol. The van der Waals surface area contributed by atoms with E-state index in [0.29, 0.717) is 16.2 Å². The van der Waals surface area contributed by atoms with E-state index in [-0.39, 0.29) is 17.5 Å². The Balaban J connectivity index is 1.54. The average molecular weight is 420 g/mol. The Morgan fingerprint density at radius 2 is 1.73 bits per heavy atom. The first-order chi connectivity index (χ1) is 14.5. The summed E-state index contributed by atoms with van der Waals surface area (Å²) in [5.74, 6) is -0.129. The van der Waals surface area contributed by atoms with E-state index < -0.39 is 5.25 Å². The van der Waals surface area contributed by atoms with Gasteiger partial charge in [-0.3, -0.25) is 9.59 Å². The molecule has 2 aromatic heterocycles. The van der Waals surface area contributed by atoms with E-state index in [4.69, 9.17) is 0 Å². The molecule has 0 saturated heterocycles. The molecule has 2 atom stereocenters. The number of aromatic amines is 1. The monoisotopic (exact) mass is 419 g/mol. The van der Waals surface area contributed by atoms with Gasteiger partial charge >= 0.3 is 0 Å². The highest BCUT2D eigenvalue weighted by molar-refractivity contribution is 8.00. The largest absolute Gasteiger partial charge is 0.349 e. The minimum Gasteiger partial charge on any atom is -0.349 e. The molecule has 0 spiro atoms. The number of hydrogen-bond donors (Lipinski definition) is 2. The van der Waals surface area contributed by atoms with Crippen molar-refractivity contribution in [1.82, 2.24) is 25.1 Å². The molecule has 0 saturated carbocycles. The number of carbonyl (C=O) groups excluding carboxylic acids is 1. The molecule has 2 aromatic carbocycles. The van der Waals surface area contributed by atoms with Crippen molar-refractivity contribution in [1.29, 1.82) is 0 Å². The number of para-hydroxylation sites is 1. The van der Waals surface area contributed by atoms with E-state index in [1.54, 1.807) is 11.6 Å². The zero-order valence-corrected chi connectivity index (χ0v) is 17.4. The fourth-order valence-corrected chi connectivity index (χ4v) is 3.89. The van der Waals surface area contributed by atoms with Crippen molar-refractivity contribution >= 4 is 28.7 Å². The molecule has 2 heterocycles. The zero-order chi connectivity index (χ0) is 21.1. The molecule has 2 N–H and O–H groups in total. The van der Waals surface area contributed by atoms with Crippen molar-refractivity contribution < 1.29 is 4.79 Å². The molecule has 0 fully saturated rings. The fraction of sp³-hybridized carbons (Fsp3) is 0.182. The molecule has 4 aromatic rings. The van der Waals surface area contributed by atoms with Crippen molar-refractivity contribution in [2.24, 2.45) is 0 Å². The van der Waals surface area contributed by atoms with E-state index in [2.05, 4.69) is 20.4 Å². The summed E-state index contributed by atoms with van der Waals surface area (Å²) in [5.41, 5.74) is 2.01. The summed E-state index contributed by atoms with van der Waals surface area (Å²) in [6, 6.07) is 19.1.